The summed E-state index contributed by atoms with van der Waals surface area (Å²) in [6.45, 7) is 2.65. The topological polar surface area (TPSA) is 225 Å². The average Bonchev–Trinajstić information content (AvgIpc) is 3.04. The summed E-state index contributed by atoms with van der Waals surface area (Å²) < 4.78 is 26.6. The Morgan fingerprint density at radius 3 is 1.80 bits per heavy atom. The van der Waals surface area contributed by atoms with Crippen LogP contribution in [-0.2, 0) is 28.5 Å². The molecule has 2 saturated heterocycles. The fraction of sp³-hybridized carbons (Fsp3) is 0.969. The highest BCUT2D eigenvalue weighted by atomic mass is 16.7. The Hall–Kier alpha value is -1.01. The molecule has 0 spiro atoms. The predicted molar refractivity (Wildman–Crippen MR) is 164 cm³/mol. The van der Waals surface area contributed by atoms with Gasteiger partial charge in [-0.1, -0.05) is 84.5 Å². The standard InChI is InChI=1S/C32H60O14/c1-3-4-13-20(2)14-11-9-7-5-6-8-10-12-15-24(35)42-17-21(34)18-43-31-30(41)28(39)26(37)23(46-31)19-44-32-29(40)27(38)25(36)22(16-33)45-32/h20-23,25-34,36-41H,3-19H2,1-2H3/t20?,21-,22+,23+,25-,26-,27-,28-,29+,30+,31+,32+/m0/s1. The van der Waals surface area contributed by atoms with Gasteiger partial charge in [-0.2, -0.15) is 0 Å². The van der Waals surface area contributed by atoms with E-state index in [0.29, 0.717) is 6.42 Å². The first kappa shape index (κ1) is 41.2. The molecule has 2 fully saturated rings. The first-order valence-corrected chi connectivity index (χ1v) is 17.1. The maximum Gasteiger partial charge on any atom is 0.305 e. The lowest BCUT2D eigenvalue weighted by molar-refractivity contribution is -0.332. The van der Waals surface area contributed by atoms with Crippen molar-refractivity contribution in [2.45, 2.75) is 165 Å². The third-order valence-corrected chi connectivity index (χ3v) is 8.71. The van der Waals surface area contributed by atoms with Crippen molar-refractivity contribution >= 4 is 5.97 Å². The molecule has 0 saturated carbocycles. The summed E-state index contributed by atoms with van der Waals surface area (Å²) in [4.78, 5) is 12.1. The normalized spacial score (nSPS) is 33.1. The van der Waals surface area contributed by atoms with E-state index in [1.165, 1.54) is 51.4 Å². The Bertz CT molecular complexity index is 803. The molecular weight excluding hydrogens is 608 g/mol. The molecule has 2 aliphatic heterocycles. The summed E-state index contributed by atoms with van der Waals surface area (Å²) in [5.41, 5.74) is 0. The molecule has 12 atom stereocenters. The number of unbranched alkanes of at least 4 members (excludes halogenated alkanes) is 8. The van der Waals surface area contributed by atoms with Crippen molar-refractivity contribution < 1.29 is 69.3 Å². The van der Waals surface area contributed by atoms with Gasteiger partial charge < -0.3 is 64.5 Å². The minimum Gasteiger partial charge on any atom is -0.463 e. The number of carbonyl (C=O) groups is 1. The van der Waals surface area contributed by atoms with Crippen LogP contribution in [0.25, 0.3) is 0 Å². The lowest BCUT2D eigenvalue weighted by Crippen LogP contribution is -2.61. The first-order chi connectivity index (χ1) is 22.0. The van der Waals surface area contributed by atoms with E-state index in [-0.39, 0.29) is 13.0 Å². The number of aliphatic hydroxyl groups excluding tert-OH is 8. The van der Waals surface area contributed by atoms with Crippen molar-refractivity contribution in [2.24, 2.45) is 5.92 Å². The van der Waals surface area contributed by atoms with Crippen LogP contribution < -0.4 is 0 Å². The molecule has 0 aromatic carbocycles. The van der Waals surface area contributed by atoms with Gasteiger partial charge in [-0.15, -0.1) is 0 Å². The van der Waals surface area contributed by atoms with E-state index >= 15 is 0 Å². The molecule has 0 amide bonds. The molecule has 272 valence electrons. The van der Waals surface area contributed by atoms with E-state index in [0.717, 1.165) is 25.2 Å². The maximum absolute atomic E-state index is 12.1. The summed E-state index contributed by atoms with van der Waals surface area (Å²) in [6.07, 6.45) is -2.37. The fourth-order valence-electron chi connectivity index (χ4n) is 5.62. The van der Waals surface area contributed by atoms with Gasteiger partial charge in [0.15, 0.2) is 12.6 Å². The second-order valence-corrected chi connectivity index (χ2v) is 12.8. The van der Waals surface area contributed by atoms with Crippen LogP contribution in [0.15, 0.2) is 0 Å². The molecule has 2 aliphatic rings. The van der Waals surface area contributed by atoms with E-state index in [4.69, 9.17) is 23.7 Å². The van der Waals surface area contributed by atoms with Crippen LogP contribution in [-0.4, -0.2) is 141 Å². The number of ether oxygens (including phenoxy) is 5. The van der Waals surface area contributed by atoms with E-state index < -0.39 is 93.3 Å². The van der Waals surface area contributed by atoms with Gasteiger partial charge in [-0.05, 0) is 12.3 Å². The predicted octanol–water partition coefficient (Wildman–Crippen LogP) is 0.259. The molecule has 0 bridgehead atoms. The quantitative estimate of drug-likeness (QED) is 0.0540. The zero-order valence-electron chi connectivity index (χ0n) is 27.5. The zero-order valence-corrected chi connectivity index (χ0v) is 27.5. The fourth-order valence-corrected chi connectivity index (χ4v) is 5.62. The summed E-state index contributed by atoms with van der Waals surface area (Å²) in [7, 11) is 0. The molecule has 14 nitrogen and oxygen atoms in total. The third-order valence-electron chi connectivity index (χ3n) is 8.71. The Labute approximate surface area is 272 Å². The second-order valence-electron chi connectivity index (χ2n) is 12.8. The number of rotatable bonds is 23. The van der Waals surface area contributed by atoms with Gasteiger partial charge in [0, 0.05) is 6.42 Å². The minimum atomic E-state index is -1.72. The van der Waals surface area contributed by atoms with Gasteiger partial charge in [0.05, 0.1) is 19.8 Å². The van der Waals surface area contributed by atoms with Crippen molar-refractivity contribution in [3.8, 4) is 0 Å². The Kier molecular flexibility index (Phi) is 20.2. The highest BCUT2D eigenvalue weighted by Crippen LogP contribution is 2.26. The largest absolute Gasteiger partial charge is 0.463 e. The summed E-state index contributed by atoms with van der Waals surface area (Å²) in [5, 5.41) is 80.3. The molecule has 2 heterocycles. The van der Waals surface area contributed by atoms with Crippen LogP contribution in [0.2, 0.25) is 0 Å². The number of aliphatic hydroxyl groups is 8. The Morgan fingerprint density at radius 2 is 1.20 bits per heavy atom. The molecule has 8 N–H and O–H groups in total. The highest BCUT2D eigenvalue weighted by Gasteiger charge is 2.47. The molecule has 2 rings (SSSR count). The van der Waals surface area contributed by atoms with E-state index in [1.54, 1.807) is 0 Å². The molecule has 1 unspecified atom stereocenters. The van der Waals surface area contributed by atoms with Crippen molar-refractivity contribution in [2.75, 3.05) is 26.4 Å². The van der Waals surface area contributed by atoms with Crippen LogP contribution in [0.3, 0.4) is 0 Å². The number of carbonyl (C=O) groups excluding carboxylic acids is 1. The molecule has 0 aromatic heterocycles. The highest BCUT2D eigenvalue weighted by molar-refractivity contribution is 5.69. The van der Waals surface area contributed by atoms with Crippen LogP contribution in [0.4, 0.5) is 0 Å². The molecule has 0 radical (unpaired) electrons. The van der Waals surface area contributed by atoms with Crippen LogP contribution in [0.1, 0.15) is 97.3 Å². The summed E-state index contributed by atoms with van der Waals surface area (Å²) in [6, 6.07) is 0. The molecule has 0 aliphatic carbocycles. The minimum absolute atomic E-state index is 0.244. The van der Waals surface area contributed by atoms with E-state index in [2.05, 4.69) is 13.8 Å². The molecular formula is C32H60O14. The van der Waals surface area contributed by atoms with Gasteiger partial charge in [0.1, 0.15) is 61.5 Å². The van der Waals surface area contributed by atoms with Gasteiger partial charge in [0.25, 0.3) is 0 Å². The maximum atomic E-state index is 12.1. The summed E-state index contributed by atoms with van der Waals surface area (Å²) in [5.74, 6) is 0.391. The van der Waals surface area contributed by atoms with Crippen LogP contribution >= 0.6 is 0 Å². The zero-order chi connectivity index (χ0) is 34.1. The molecule has 46 heavy (non-hydrogen) atoms. The smallest absolute Gasteiger partial charge is 0.305 e. The number of hydrogen-bond donors (Lipinski definition) is 8. The van der Waals surface area contributed by atoms with Crippen molar-refractivity contribution in [3.63, 3.8) is 0 Å². The third kappa shape index (κ3) is 14.2. The molecule has 14 heteroatoms. The number of esters is 1. The van der Waals surface area contributed by atoms with Crippen molar-refractivity contribution in [1.29, 1.82) is 0 Å². The van der Waals surface area contributed by atoms with Gasteiger partial charge in [0.2, 0.25) is 0 Å². The lowest BCUT2D eigenvalue weighted by Gasteiger charge is -2.42. The van der Waals surface area contributed by atoms with Crippen LogP contribution in [0.5, 0.6) is 0 Å². The van der Waals surface area contributed by atoms with Crippen LogP contribution in [0, 0.1) is 5.92 Å². The van der Waals surface area contributed by atoms with Gasteiger partial charge >= 0.3 is 5.97 Å². The van der Waals surface area contributed by atoms with Crippen molar-refractivity contribution in [3.05, 3.63) is 0 Å². The molecule has 0 aromatic rings. The monoisotopic (exact) mass is 668 g/mol. The van der Waals surface area contributed by atoms with E-state index in [1.807, 2.05) is 0 Å². The van der Waals surface area contributed by atoms with Gasteiger partial charge in [-0.25, -0.2) is 0 Å². The Balaban J connectivity index is 1.59. The summed E-state index contributed by atoms with van der Waals surface area (Å²) >= 11 is 0. The SMILES string of the molecule is CCCCC(C)CCCCCCCCCCC(=O)OC[C@H](O)CO[C@@H]1O[C@H](CO[C@@H]2O[C@H](CO)[C@H](O)[C@H](O)[C@H]2O)[C@H](O)[C@H](O)[C@H]1O. The first-order valence-electron chi connectivity index (χ1n) is 17.1. The lowest BCUT2D eigenvalue weighted by atomic mass is 9.97. The average molecular weight is 669 g/mol. The number of hydrogen-bond acceptors (Lipinski definition) is 14. The van der Waals surface area contributed by atoms with Crippen molar-refractivity contribution in [1.82, 2.24) is 0 Å². The van der Waals surface area contributed by atoms with Gasteiger partial charge in [-0.3, -0.25) is 4.79 Å². The second kappa shape index (κ2) is 22.6. The van der Waals surface area contributed by atoms with E-state index in [9.17, 15) is 45.6 Å². The Morgan fingerprint density at radius 1 is 0.674 bits per heavy atom.